The molecule has 0 amide bonds. The lowest BCUT2D eigenvalue weighted by Gasteiger charge is -2.16. The predicted octanol–water partition coefficient (Wildman–Crippen LogP) is 3.85. The van der Waals surface area contributed by atoms with Gasteiger partial charge in [-0.3, -0.25) is 0 Å². The Hall–Kier alpha value is -0.340. The zero-order chi connectivity index (χ0) is 10.9. The van der Waals surface area contributed by atoms with Crippen molar-refractivity contribution in [3.05, 3.63) is 22.4 Å². The van der Waals surface area contributed by atoms with Gasteiger partial charge in [0.15, 0.2) is 0 Å². The van der Waals surface area contributed by atoms with E-state index in [-0.39, 0.29) is 0 Å². The van der Waals surface area contributed by atoms with Crippen molar-refractivity contribution < 1.29 is 0 Å². The summed E-state index contributed by atoms with van der Waals surface area (Å²) in [6.45, 7) is 5.56. The van der Waals surface area contributed by atoms with Crippen molar-refractivity contribution in [3.8, 4) is 0 Å². The highest BCUT2D eigenvalue weighted by molar-refractivity contribution is 7.07. The first-order valence-electron chi connectivity index (χ1n) is 6.11. The second-order valence-electron chi connectivity index (χ2n) is 4.07. The Kier molecular flexibility index (Phi) is 6.69. The molecule has 0 fully saturated rings. The lowest BCUT2D eigenvalue weighted by molar-refractivity contribution is 0.447. The Labute approximate surface area is 97.9 Å². The molecule has 1 rings (SSSR count). The second-order valence-corrected chi connectivity index (χ2v) is 4.85. The summed E-state index contributed by atoms with van der Waals surface area (Å²) in [7, 11) is 0. The number of hydrogen-bond acceptors (Lipinski definition) is 2. The summed E-state index contributed by atoms with van der Waals surface area (Å²) >= 11 is 1.80. The van der Waals surface area contributed by atoms with Gasteiger partial charge in [0, 0.05) is 6.04 Å². The fraction of sp³-hybridized carbons (Fsp3) is 0.692. The normalized spacial score (nSPS) is 12.9. The van der Waals surface area contributed by atoms with E-state index in [2.05, 4.69) is 36.0 Å². The van der Waals surface area contributed by atoms with E-state index in [1.54, 1.807) is 11.3 Å². The fourth-order valence-electron chi connectivity index (χ4n) is 1.97. The number of thiophene rings is 1. The number of hydrogen-bond donors (Lipinski definition) is 1. The topological polar surface area (TPSA) is 12.0 Å². The van der Waals surface area contributed by atoms with Crippen LogP contribution >= 0.6 is 11.3 Å². The van der Waals surface area contributed by atoms with Crippen LogP contribution in [0.3, 0.4) is 0 Å². The first-order valence-corrected chi connectivity index (χ1v) is 7.05. The molecule has 1 N–H and O–H groups in total. The van der Waals surface area contributed by atoms with Crippen molar-refractivity contribution in [2.24, 2.45) is 0 Å². The van der Waals surface area contributed by atoms with Gasteiger partial charge in [-0.1, -0.05) is 20.3 Å². The van der Waals surface area contributed by atoms with E-state index in [1.165, 1.54) is 37.7 Å². The molecule has 86 valence electrons. The van der Waals surface area contributed by atoms with Crippen LogP contribution in [0.4, 0.5) is 0 Å². The maximum atomic E-state index is 3.57. The van der Waals surface area contributed by atoms with Crippen LogP contribution in [0.25, 0.3) is 0 Å². The smallest absolute Gasteiger partial charge is 0.00669 e. The van der Waals surface area contributed by atoms with E-state index in [1.807, 2.05) is 0 Å². The summed E-state index contributed by atoms with van der Waals surface area (Å²) in [5.74, 6) is 0. The van der Waals surface area contributed by atoms with Gasteiger partial charge >= 0.3 is 0 Å². The van der Waals surface area contributed by atoms with Crippen LogP contribution in [-0.4, -0.2) is 12.6 Å². The first-order chi connectivity index (χ1) is 7.36. The molecule has 0 spiro atoms. The van der Waals surface area contributed by atoms with Gasteiger partial charge in [-0.25, -0.2) is 0 Å². The van der Waals surface area contributed by atoms with Gasteiger partial charge in [0.25, 0.3) is 0 Å². The molecule has 1 atom stereocenters. The Morgan fingerprint density at radius 3 is 2.80 bits per heavy atom. The minimum Gasteiger partial charge on any atom is -0.314 e. The minimum absolute atomic E-state index is 0.735. The molecule has 0 aromatic carbocycles. The monoisotopic (exact) mass is 225 g/mol. The quantitative estimate of drug-likeness (QED) is 0.708. The molecule has 0 aliphatic carbocycles. The summed E-state index contributed by atoms with van der Waals surface area (Å²) in [4.78, 5) is 0. The van der Waals surface area contributed by atoms with E-state index in [9.17, 15) is 0 Å². The summed E-state index contributed by atoms with van der Waals surface area (Å²) in [5.41, 5.74) is 1.51. The van der Waals surface area contributed by atoms with Crippen molar-refractivity contribution in [2.75, 3.05) is 6.54 Å². The molecule has 0 aliphatic rings. The van der Waals surface area contributed by atoms with Crippen LogP contribution in [-0.2, 0) is 6.42 Å². The number of aryl methyl sites for hydroxylation is 1. The van der Waals surface area contributed by atoms with Crippen molar-refractivity contribution in [2.45, 2.75) is 52.0 Å². The molecule has 0 saturated carbocycles. The molecule has 1 nitrogen and oxygen atoms in total. The van der Waals surface area contributed by atoms with Crippen molar-refractivity contribution in [1.82, 2.24) is 5.32 Å². The van der Waals surface area contributed by atoms with Gasteiger partial charge in [0.1, 0.15) is 0 Å². The number of nitrogens with one attached hydrogen (secondary N) is 1. The van der Waals surface area contributed by atoms with E-state index in [0.717, 1.165) is 12.6 Å². The van der Waals surface area contributed by atoms with Crippen molar-refractivity contribution >= 4 is 11.3 Å². The molecule has 2 heteroatoms. The highest BCUT2D eigenvalue weighted by Gasteiger charge is 2.05. The van der Waals surface area contributed by atoms with E-state index < -0.39 is 0 Å². The molecule has 0 bridgehead atoms. The Morgan fingerprint density at radius 2 is 2.20 bits per heavy atom. The van der Waals surface area contributed by atoms with E-state index in [0.29, 0.717) is 0 Å². The lowest BCUT2D eigenvalue weighted by atomic mass is 10.0. The van der Waals surface area contributed by atoms with Crippen LogP contribution in [0, 0.1) is 0 Å². The molecule has 1 unspecified atom stereocenters. The summed E-state index contributed by atoms with van der Waals surface area (Å²) in [6.07, 6.45) is 6.48. The van der Waals surface area contributed by atoms with Gasteiger partial charge in [-0.05, 0) is 54.6 Å². The minimum atomic E-state index is 0.735. The van der Waals surface area contributed by atoms with Gasteiger partial charge in [0.2, 0.25) is 0 Å². The molecule has 0 radical (unpaired) electrons. The summed E-state index contributed by atoms with van der Waals surface area (Å²) < 4.78 is 0. The van der Waals surface area contributed by atoms with E-state index >= 15 is 0 Å². The van der Waals surface area contributed by atoms with Crippen LogP contribution in [0.1, 0.15) is 45.1 Å². The highest BCUT2D eigenvalue weighted by Crippen LogP contribution is 2.12. The van der Waals surface area contributed by atoms with Crippen LogP contribution in [0.5, 0.6) is 0 Å². The summed E-state index contributed by atoms with van der Waals surface area (Å²) in [5, 5.41) is 8.00. The maximum Gasteiger partial charge on any atom is 0.00669 e. The average molecular weight is 225 g/mol. The van der Waals surface area contributed by atoms with Crippen molar-refractivity contribution in [1.29, 1.82) is 0 Å². The lowest BCUT2D eigenvalue weighted by Crippen LogP contribution is -2.28. The van der Waals surface area contributed by atoms with Gasteiger partial charge in [-0.2, -0.15) is 11.3 Å². The van der Waals surface area contributed by atoms with Gasteiger partial charge < -0.3 is 5.32 Å². The predicted molar refractivity (Wildman–Crippen MR) is 69.6 cm³/mol. The van der Waals surface area contributed by atoms with Crippen LogP contribution in [0.2, 0.25) is 0 Å². The number of rotatable bonds is 8. The highest BCUT2D eigenvalue weighted by atomic mass is 32.1. The molecule has 15 heavy (non-hydrogen) atoms. The zero-order valence-electron chi connectivity index (χ0n) is 9.96. The fourth-order valence-corrected chi connectivity index (χ4v) is 2.68. The third-order valence-corrected chi connectivity index (χ3v) is 3.46. The molecular weight excluding hydrogens is 202 g/mol. The molecule has 1 aromatic heterocycles. The Bertz CT molecular complexity index is 225. The molecule has 1 heterocycles. The SMILES string of the molecule is CCCC(CCCc1ccsc1)NCC. The maximum absolute atomic E-state index is 3.57. The molecule has 0 saturated heterocycles. The largest absolute Gasteiger partial charge is 0.314 e. The van der Waals surface area contributed by atoms with Crippen LogP contribution in [0.15, 0.2) is 16.8 Å². The summed E-state index contributed by atoms with van der Waals surface area (Å²) in [6, 6.07) is 2.98. The molecule has 1 aromatic rings. The van der Waals surface area contributed by atoms with Gasteiger partial charge in [0.05, 0.1) is 0 Å². The third kappa shape index (κ3) is 5.33. The molecular formula is C13H23NS. The average Bonchev–Trinajstić information content (AvgIpc) is 2.71. The zero-order valence-corrected chi connectivity index (χ0v) is 10.8. The Morgan fingerprint density at radius 1 is 1.33 bits per heavy atom. The van der Waals surface area contributed by atoms with E-state index in [4.69, 9.17) is 0 Å². The second kappa shape index (κ2) is 7.89. The third-order valence-electron chi connectivity index (χ3n) is 2.73. The first kappa shape index (κ1) is 12.7. The van der Waals surface area contributed by atoms with Crippen LogP contribution < -0.4 is 5.32 Å². The standard InChI is InChI=1S/C13H23NS/c1-3-6-13(14-4-2)8-5-7-12-9-10-15-11-12/h9-11,13-14H,3-8H2,1-2H3. The van der Waals surface area contributed by atoms with Crippen molar-refractivity contribution in [3.63, 3.8) is 0 Å². The molecule has 0 aliphatic heterocycles. The Balaban J connectivity index is 2.15. The van der Waals surface area contributed by atoms with Gasteiger partial charge in [-0.15, -0.1) is 0 Å².